The summed E-state index contributed by atoms with van der Waals surface area (Å²) < 4.78 is 5.43. The molecule has 0 spiro atoms. The predicted octanol–water partition coefficient (Wildman–Crippen LogP) is 4.29. The van der Waals surface area contributed by atoms with Gasteiger partial charge in [0.15, 0.2) is 0 Å². The summed E-state index contributed by atoms with van der Waals surface area (Å²) in [5, 5.41) is 0. The van der Waals surface area contributed by atoms with Gasteiger partial charge in [-0.2, -0.15) is 0 Å². The Kier molecular flexibility index (Phi) is 9.29. The SMILES string of the molecule is CCCCCCO/C=C(\C)CCC. The van der Waals surface area contributed by atoms with E-state index < -0.39 is 0 Å². The molecule has 0 aromatic carbocycles. The van der Waals surface area contributed by atoms with E-state index in [-0.39, 0.29) is 0 Å². The van der Waals surface area contributed by atoms with Crippen LogP contribution in [0.25, 0.3) is 0 Å². The van der Waals surface area contributed by atoms with Crippen LogP contribution < -0.4 is 0 Å². The number of ether oxygens (including phenoxy) is 1. The predicted molar refractivity (Wildman–Crippen MR) is 58.8 cm³/mol. The molecule has 13 heavy (non-hydrogen) atoms. The minimum absolute atomic E-state index is 0.890. The molecule has 1 heteroatoms. The second-order valence-corrected chi connectivity index (χ2v) is 3.65. The first-order valence-corrected chi connectivity index (χ1v) is 5.58. The molecule has 1 nitrogen and oxygen atoms in total. The maximum atomic E-state index is 5.43. The Morgan fingerprint density at radius 3 is 2.46 bits per heavy atom. The lowest BCUT2D eigenvalue weighted by Gasteiger charge is -2.02. The van der Waals surface area contributed by atoms with Crippen LogP contribution in [0.15, 0.2) is 11.8 Å². The maximum absolute atomic E-state index is 5.43. The van der Waals surface area contributed by atoms with E-state index in [4.69, 9.17) is 4.74 Å². The summed E-state index contributed by atoms with van der Waals surface area (Å²) in [6, 6.07) is 0. The van der Waals surface area contributed by atoms with Crippen molar-refractivity contribution >= 4 is 0 Å². The van der Waals surface area contributed by atoms with Crippen molar-refractivity contribution in [1.29, 1.82) is 0 Å². The molecule has 0 rings (SSSR count). The van der Waals surface area contributed by atoms with Gasteiger partial charge in [-0.25, -0.2) is 0 Å². The summed E-state index contributed by atoms with van der Waals surface area (Å²) >= 11 is 0. The second kappa shape index (κ2) is 9.63. The van der Waals surface area contributed by atoms with Gasteiger partial charge >= 0.3 is 0 Å². The molecule has 0 N–H and O–H groups in total. The molecule has 0 saturated carbocycles. The van der Waals surface area contributed by atoms with E-state index in [0.717, 1.165) is 13.0 Å². The van der Waals surface area contributed by atoms with Crippen LogP contribution in [-0.4, -0.2) is 6.61 Å². The van der Waals surface area contributed by atoms with Crippen LogP contribution in [0.3, 0.4) is 0 Å². The molecule has 78 valence electrons. The third-order valence-electron chi connectivity index (χ3n) is 2.04. The summed E-state index contributed by atoms with van der Waals surface area (Å²) in [6.45, 7) is 7.45. The van der Waals surface area contributed by atoms with Gasteiger partial charge in [0.2, 0.25) is 0 Å². The molecule has 0 atom stereocenters. The monoisotopic (exact) mass is 184 g/mol. The smallest absolute Gasteiger partial charge is 0.0873 e. The lowest BCUT2D eigenvalue weighted by atomic mass is 10.2. The molecule has 0 bridgehead atoms. The minimum Gasteiger partial charge on any atom is -0.501 e. The fourth-order valence-corrected chi connectivity index (χ4v) is 1.27. The first-order valence-electron chi connectivity index (χ1n) is 5.58. The van der Waals surface area contributed by atoms with Crippen LogP contribution in [0.5, 0.6) is 0 Å². The Balaban J connectivity index is 3.18. The molecule has 0 heterocycles. The van der Waals surface area contributed by atoms with Gasteiger partial charge < -0.3 is 4.74 Å². The van der Waals surface area contributed by atoms with Crippen LogP contribution in [0.2, 0.25) is 0 Å². The van der Waals surface area contributed by atoms with E-state index in [1.165, 1.54) is 37.7 Å². The van der Waals surface area contributed by atoms with Crippen LogP contribution in [-0.2, 0) is 4.74 Å². The van der Waals surface area contributed by atoms with Crippen molar-refractivity contribution in [3.63, 3.8) is 0 Å². The van der Waals surface area contributed by atoms with Crippen molar-refractivity contribution in [3.05, 3.63) is 11.8 Å². The summed E-state index contributed by atoms with van der Waals surface area (Å²) in [5.74, 6) is 0. The Hall–Kier alpha value is -0.460. The van der Waals surface area contributed by atoms with Crippen LogP contribution in [0, 0.1) is 0 Å². The number of hydrogen-bond acceptors (Lipinski definition) is 1. The average Bonchev–Trinajstić information content (AvgIpc) is 2.11. The molecule has 0 amide bonds. The summed E-state index contributed by atoms with van der Waals surface area (Å²) in [4.78, 5) is 0. The summed E-state index contributed by atoms with van der Waals surface area (Å²) in [7, 11) is 0. The Morgan fingerprint density at radius 1 is 1.08 bits per heavy atom. The van der Waals surface area contributed by atoms with E-state index in [0.29, 0.717) is 0 Å². The molecule has 0 unspecified atom stereocenters. The van der Waals surface area contributed by atoms with Gasteiger partial charge in [-0.1, -0.05) is 39.5 Å². The molecular weight excluding hydrogens is 160 g/mol. The molecule has 0 aromatic heterocycles. The van der Waals surface area contributed by atoms with Crippen LogP contribution >= 0.6 is 0 Å². The number of allylic oxidation sites excluding steroid dienone is 1. The lowest BCUT2D eigenvalue weighted by molar-refractivity contribution is 0.237. The highest BCUT2D eigenvalue weighted by atomic mass is 16.5. The van der Waals surface area contributed by atoms with Crippen molar-refractivity contribution in [2.45, 2.75) is 59.3 Å². The van der Waals surface area contributed by atoms with Crippen LogP contribution in [0.1, 0.15) is 59.3 Å². The van der Waals surface area contributed by atoms with E-state index in [1.54, 1.807) is 0 Å². The number of unbranched alkanes of at least 4 members (excludes halogenated alkanes) is 3. The highest BCUT2D eigenvalue weighted by Crippen LogP contribution is 2.04. The Morgan fingerprint density at radius 2 is 1.85 bits per heavy atom. The highest BCUT2D eigenvalue weighted by Gasteiger charge is 1.89. The zero-order valence-corrected chi connectivity index (χ0v) is 9.44. The third-order valence-corrected chi connectivity index (χ3v) is 2.04. The minimum atomic E-state index is 0.890. The molecule has 0 aliphatic carbocycles. The molecule has 0 aliphatic heterocycles. The molecule has 0 saturated heterocycles. The van der Waals surface area contributed by atoms with E-state index in [1.807, 2.05) is 6.26 Å². The van der Waals surface area contributed by atoms with Crippen molar-refractivity contribution in [2.24, 2.45) is 0 Å². The van der Waals surface area contributed by atoms with Gasteiger partial charge in [0, 0.05) is 0 Å². The molecule has 0 radical (unpaired) electrons. The quantitative estimate of drug-likeness (QED) is 0.404. The van der Waals surface area contributed by atoms with Crippen LogP contribution in [0.4, 0.5) is 0 Å². The van der Waals surface area contributed by atoms with Gasteiger partial charge in [-0.3, -0.25) is 0 Å². The zero-order valence-electron chi connectivity index (χ0n) is 9.44. The summed E-state index contributed by atoms with van der Waals surface area (Å²) in [6.07, 6.45) is 9.43. The first kappa shape index (κ1) is 12.5. The number of rotatable bonds is 8. The molecular formula is C12H24O. The average molecular weight is 184 g/mol. The van der Waals surface area contributed by atoms with Crippen molar-refractivity contribution in [1.82, 2.24) is 0 Å². The number of hydrogen-bond donors (Lipinski definition) is 0. The van der Waals surface area contributed by atoms with Gasteiger partial charge in [0.1, 0.15) is 0 Å². The van der Waals surface area contributed by atoms with E-state index >= 15 is 0 Å². The fraction of sp³-hybridized carbons (Fsp3) is 0.833. The first-order chi connectivity index (χ1) is 6.31. The van der Waals surface area contributed by atoms with Crippen molar-refractivity contribution in [3.8, 4) is 0 Å². The lowest BCUT2D eigenvalue weighted by Crippen LogP contribution is -1.89. The van der Waals surface area contributed by atoms with E-state index in [9.17, 15) is 0 Å². The Labute approximate surface area is 83.2 Å². The normalized spacial score (nSPS) is 11.8. The second-order valence-electron chi connectivity index (χ2n) is 3.65. The Bertz CT molecular complexity index is 127. The van der Waals surface area contributed by atoms with Gasteiger partial charge in [0.25, 0.3) is 0 Å². The topological polar surface area (TPSA) is 9.23 Å². The highest BCUT2D eigenvalue weighted by molar-refractivity contribution is 4.91. The molecule has 0 aliphatic rings. The molecule has 0 fully saturated rings. The summed E-state index contributed by atoms with van der Waals surface area (Å²) in [5.41, 5.74) is 1.36. The van der Waals surface area contributed by atoms with E-state index in [2.05, 4.69) is 20.8 Å². The standard InChI is InChI=1S/C12H24O/c1-4-6-7-8-10-13-11-12(3)9-5-2/h11H,4-10H2,1-3H3/b12-11+. The largest absolute Gasteiger partial charge is 0.501 e. The third kappa shape index (κ3) is 9.45. The van der Waals surface area contributed by atoms with Crippen molar-refractivity contribution < 1.29 is 4.74 Å². The van der Waals surface area contributed by atoms with Gasteiger partial charge in [-0.15, -0.1) is 0 Å². The van der Waals surface area contributed by atoms with Gasteiger partial charge in [-0.05, 0) is 25.3 Å². The maximum Gasteiger partial charge on any atom is 0.0873 e. The zero-order chi connectivity index (χ0) is 9.94. The molecule has 0 aromatic rings. The fourth-order valence-electron chi connectivity index (χ4n) is 1.27. The van der Waals surface area contributed by atoms with Crippen molar-refractivity contribution in [2.75, 3.05) is 6.61 Å². The van der Waals surface area contributed by atoms with Gasteiger partial charge in [0.05, 0.1) is 12.9 Å².